The van der Waals surface area contributed by atoms with Gasteiger partial charge in [-0.15, -0.1) is 0 Å². The summed E-state index contributed by atoms with van der Waals surface area (Å²) in [6, 6.07) is 13.6. The summed E-state index contributed by atoms with van der Waals surface area (Å²) in [7, 11) is 3.84. The van der Waals surface area contributed by atoms with Crippen LogP contribution >= 0.6 is 0 Å². The van der Waals surface area contributed by atoms with Crippen LogP contribution in [-0.4, -0.2) is 37.2 Å². The standard InChI is InChI=1S/C25H31F2N3O2.CH4/c1-24(26,27)21-6-4-5-7-22(21)29-19-10-8-18(9-11-19)17-28-23(32)25(13-14-25)16-20(31)12-15-30(2)3;/h4-11,29H,12-17H2,1-3H3,(H,28,32);1H4. The quantitative estimate of drug-likeness (QED) is 0.467. The molecule has 2 aromatic carbocycles. The van der Waals surface area contributed by atoms with Crippen LogP contribution in [0.1, 0.15) is 51.2 Å². The van der Waals surface area contributed by atoms with Gasteiger partial charge in [-0.3, -0.25) is 9.59 Å². The molecule has 0 saturated heterocycles. The molecule has 0 radical (unpaired) electrons. The van der Waals surface area contributed by atoms with Gasteiger partial charge in [0.1, 0.15) is 5.78 Å². The first-order valence-corrected chi connectivity index (χ1v) is 10.9. The maximum Gasteiger partial charge on any atom is 0.272 e. The number of benzene rings is 2. The van der Waals surface area contributed by atoms with E-state index >= 15 is 0 Å². The number of rotatable bonds is 11. The Balaban J connectivity index is 0.00000385. The second-order valence-corrected chi connectivity index (χ2v) is 8.99. The molecule has 0 unspecified atom stereocenters. The van der Waals surface area contributed by atoms with E-state index in [2.05, 4.69) is 10.6 Å². The fraction of sp³-hybridized carbons (Fsp3) is 0.462. The molecule has 2 aromatic rings. The first kappa shape index (κ1) is 26.5. The molecular formula is C26H35F2N3O2. The molecule has 33 heavy (non-hydrogen) atoms. The first-order valence-electron chi connectivity index (χ1n) is 10.9. The highest BCUT2D eigenvalue weighted by molar-refractivity contribution is 5.91. The molecule has 1 amide bonds. The van der Waals surface area contributed by atoms with Crippen molar-refractivity contribution in [2.24, 2.45) is 5.41 Å². The number of carbonyl (C=O) groups excluding carboxylic acids is 2. The molecule has 2 N–H and O–H groups in total. The highest BCUT2D eigenvalue weighted by atomic mass is 19.3. The largest absolute Gasteiger partial charge is 0.355 e. The van der Waals surface area contributed by atoms with Gasteiger partial charge in [-0.25, -0.2) is 8.78 Å². The first-order chi connectivity index (χ1) is 15.1. The number of anilines is 2. The second kappa shape index (κ2) is 10.9. The minimum absolute atomic E-state index is 0. The van der Waals surface area contributed by atoms with Crippen LogP contribution in [0.25, 0.3) is 0 Å². The van der Waals surface area contributed by atoms with Gasteiger partial charge < -0.3 is 15.5 Å². The average Bonchev–Trinajstić information content (AvgIpc) is 3.52. The fourth-order valence-corrected chi connectivity index (χ4v) is 3.66. The molecule has 0 bridgehead atoms. The van der Waals surface area contributed by atoms with Crippen molar-refractivity contribution in [2.75, 3.05) is 26.0 Å². The van der Waals surface area contributed by atoms with Crippen LogP contribution in [0, 0.1) is 5.41 Å². The molecule has 7 heteroatoms. The SMILES string of the molecule is C.CN(C)CCC(=O)CC1(C(=O)NCc2ccc(Nc3ccccc3C(C)(F)F)cc2)CC1. The highest BCUT2D eigenvalue weighted by Crippen LogP contribution is 2.49. The van der Waals surface area contributed by atoms with Gasteiger partial charge in [-0.1, -0.05) is 37.8 Å². The topological polar surface area (TPSA) is 61.4 Å². The van der Waals surface area contributed by atoms with Crippen molar-refractivity contribution in [3.63, 3.8) is 0 Å². The number of hydrogen-bond acceptors (Lipinski definition) is 4. The summed E-state index contributed by atoms with van der Waals surface area (Å²) in [5, 5.41) is 5.99. The summed E-state index contributed by atoms with van der Waals surface area (Å²) in [5.41, 5.74) is 1.33. The minimum atomic E-state index is -2.94. The van der Waals surface area contributed by atoms with Crippen molar-refractivity contribution in [3.05, 3.63) is 59.7 Å². The van der Waals surface area contributed by atoms with Gasteiger partial charge in [-0.05, 0) is 50.7 Å². The van der Waals surface area contributed by atoms with Crippen LogP contribution in [0.3, 0.4) is 0 Å². The molecule has 1 fully saturated rings. The summed E-state index contributed by atoms with van der Waals surface area (Å²) in [4.78, 5) is 26.8. The smallest absolute Gasteiger partial charge is 0.272 e. The third kappa shape index (κ3) is 7.35. The van der Waals surface area contributed by atoms with Crippen molar-refractivity contribution in [2.45, 2.75) is 52.5 Å². The molecule has 0 aliphatic heterocycles. The Hall–Kier alpha value is -2.80. The van der Waals surface area contributed by atoms with Gasteiger partial charge in [0.2, 0.25) is 5.91 Å². The van der Waals surface area contributed by atoms with E-state index < -0.39 is 11.3 Å². The molecule has 5 nitrogen and oxygen atoms in total. The van der Waals surface area contributed by atoms with E-state index in [0.29, 0.717) is 37.3 Å². The van der Waals surface area contributed by atoms with Crippen LogP contribution in [0.15, 0.2) is 48.5 Å². The Kier molecular flexibility index (Phi) is 8.72. The monoisotopic (exact) mass is 459 g/mol. The molecule has 1 saturated carbocycles. The van der Waals surface area contributed by atoms with Gasteiger partial charge in [0.25, 0.3) is 5.92 Å². The number of halogens is 2. The molecule has 180 valence electrons. The number of amides is 1. The number of ketones is 1. The van der Waals surface area contributed by atoms with Crippen molar-refractivity contribution in [1.29, 1.82) is 0 Å². The van der Waals surface area contributed by atoms with E-state index in [1.165, 1.54) is 6.07 Å². The molecule has 1 aliphatic carbocycles. The maximum absolute atomic E-state index is 13.8. The van der Waals surface area contributed by atoms with E-state index in [-0.39, 0.29) is 24.7 Å². The van der Waals surface area contributed by atoms with Crippen LogP contribution in [0.5, 0.6) is 0 Å². The highest BCUT2D eigenvalue weighted by Gasteiger charge is 2.50. The lowest BCUT2D eigenvalue weighted by Gasteiger charge is -2.17. The van der Waals surface area contributed by atoms with Gasteiger partial charge >= 0.3 is 0 Å². The third-order valence-electron chi connectivity index (χ3n) is 5.79. The minimum Gasteiger partial charge on any atom is -0.355 e. The van der Waals surface area contributed by atoms with Gasteiger partial charge in [0, 0.05) is 49.8 Å². The van der Waals surface area contributed by atoms with E-state index in [9.17, 15) is 18.4 Å². The van der Waals surface area contributed by atoms with Crippen LogP contribution in [0.2, 0.25) is 0 Å². The zero-order valence-corrected chi connectivity index (χ0v) is 18.9. The lowest BCUT2D eigenvalue weighted by Crippen LogP contribution is -2.33. The summed E-state index contributed by atoms with van der Waals surface area (Å²) in [5.74, 6) is -2.89. The summed E-state index contributed by atoms with van der Waals surface area (Å²) >= 11 is 0. The Morgan fingerprint density at radius 1 is 1.06 bits per heavy atom. The summed E-state index contributed by atoms with van der Waals surface area (Å²) < 4.78 is 27.6. The van der Waals surface area contributed by atoms with Gasteiger partial charge in [0.15, 0.2) is 0 Å². The van der Waals surface area contributed by atoms with Crippen molar-refractivity contribution >= 4 is 23.1 Å². The Morgan fingerprint density at radius 2 is 1.70 bits per heavy atom. The molecule has 0 aromatic heterocycles. The zero-order valence-electron chi connectivity index (χ0n) is 18.9. The number of hydrogen-bond donors (Lipinski definition) is 2. The molecule has 3 rings (SSSR count). The molecule has 0 atom stereocenters. The predicted molar refractivity (Wildman–Crippen MR) is 129 cm³/mol. The molecular weight excluding hydrogens is 424 g/mol. The normalized spacial score (nSPS) is 14.4. The zero-order chi connectivity index (χ0) is 23.4. The van der Waals surface area contributed by atoms with Crippen LogP contribution in [-0.2, 0) is 22.1 Å². The average molecular weight is 460 g/mol. The number of nitrogens with zero attached hydrogens (tertiary/aromatic N) is 1. The van der Waals surface area contributed by atoms with Crippen LogP contribution in [0.4, 0.5) is 20.2 Å². The lowest BCUT2D eigenvalue weighted by atomic mass is 9.96. The number of carbonyl (C=O) groups is 2. The Labute approximate surface area is 195 Å². The second-order valence-electron chi connectivity index (χ2n) is 8.99. The predicted octanol–water partition coefficient (Wildman–Crippen LogP) is 5.49. The Bertz CT molecular complexity index is 949. The molecule has 0 spiro atoms. The van der Waals surface area contributed by atoms with Gasteiger partial charge in [0.05, 0.1) is 5.41 Å². The fourth-order valence-electron chi connectivity index (χ4n) is 3.66. The van der Waals surface area contributed by atoms with E-state index in [1.807, 2.05) is 31.1 Å². The van der Waals surface area contributed by atoms with Crippen molar-refractivity contribution in [1.82, 2.24) is 10.2 Å². The number of alkyl halides is 2. The molecule has 1 aliphatic rings. The van der Waals surface area contributed by atoms with E-state index in [4.69, 9.17) is 0 Å². The number of para-hydroxylation sites is 1. The van der Waals surface area contributed by atoms with E-state index in [0.717, 1.165) is 25.3 Å². The number of Topliss-reactive ketones (excluding diaryl/α,β-unsaturated/α-hetero) is 1. The summed E-state index contributed by atoms with van der Waals surface area (Å²) in [6.07, 6.45) is 2.26. The van der Waals surface area contributed by atoms with Gasteiger partial charge in [-0.2, -0.15) is 0 Å². The van der Waals surface area contributed by atoms with Crippen molar-refractivity contribution in [3.8, 4) is 0 Å². The van der Waals surface area contributed by atoms with E-state index in [1.54, 1.807) is 30.3 Å². The summed E-state index contributed by atoms with van der Waals surface area (Å²) in [6.45, 7) is 1.93. The maximum atomic E-state index is 13.8. The third-order valence-corrected chi connectivity index (χ3v) is 5.79. The molecule has 0 heterocycles. The lowest BCUT2D eigenvalue weighted by molar-refractivity contribution is -0.131. The number of nitrogens with one attached hydrogen (secondary N) is 2. The van der Waals surface area contributed by atoms with Crippen LogP contribution < -0.4 is 10.6 Å². The van der Waals surface area contributed by atoms with Crippen molar-refractivity contribution < 1.29 is 18.4 Å². The Morgan fingerprint density at radius 3 is 2.27 bits per heavy atom.